The first-order valence-corrected chi connectivity index (χ1v) is 2.60. The molecule has 0 amide bonds. The van der Waals surface area contributed by atoms with Gasteiger partial charge in [0.2, 0.25) is 0 Å². The second kappa shape index (κ2) is 16.1. The van der Waals surface area contributed by atoms with Gasteiger partial charge in [0, 0.05) is 0 Å². The molecule has 0 spiro atoms. The quantitative estimate of drug-likeness (QED) is 0.433. The van der Waals surface area contributed by atoms with Crippen molar-refractivity contribution < 1.29 is 78.9 Å². The van der Waals surface area contributed by atoms with E-state index in [2.05, 4.69) is 0 Å². The minimum Gasteiger partial charge on any atom is -1.00 e. The molecule has 0 unspecified atom stereocenters. The van der Waals surface area contributed by atoms with Crippen LogP contribution in [0.5, 0.6) is 0 Å². The Morgan fingerprint density at radius 2 is 1.25 bits per heavy atom. The molecule has 0 N–H and O–H groups in total. The summed E-state index contributed by atoms with van der Waals surface area (Å²) in [4.78, 5) is 0. The van der Waals surface area contributed by atoms with Crippen molar-refractivity contribution in [3.63, 3.8) is 0 Å². The van der Waals surface area contributed by atoms with E-state index in [1.54, 1.807) is 0 Å². The first-order valence-electron chi connectivity index (χ1n) is 1.59. The standard InChI is InChI=1S/C3H7O.3BrH.Zr/c1-3(2)4;;;;/h3H,1-2H3;3*1H;/q-1;;;;+4/p-3. The van der Waals surface area contributed by atoms with Crippen molar-refractivity contribution in [3.8, 4) is 0 Å². The Morgan fingerprint density at radius 3 is 1.25 bits per heavy atom. The zero-order valence-corrected chi connectivity index (χ0v) is 11.8. The minimum absolute atomic E-state index is 0. The van der Waals surface area contributed by atoms with E-state index in [0.29, 0.717) is 6.10 Å². The fourth-order valence-electron chi connectivity index (χ4n) is 0. The zero-order valence-electron chi connectivity index (χ0n) is 4.62. The van der Waals surface area contributed by atoms with Crippen molar-refractivity contribution in [1.29, 1.82) is 0 Å². The van der Waals surface area contributed by atoms with Crippen LogP contribution in [-0.2, 0) is 28.0 Å². The summed E-state index contributed by atoms with van der Waals surface area (Å²) in [6, 6.07) is 0. The summed E-state index contributed by atoms with van der Waals surface area (Å²) in [5.41, 5.74) is 0. The van der Waals surface area contributed by atoms with Gasteiger partial charge in [-0.05, 0) is 0 Å². The van der Waals surface area contributed by atoms with Crippen molar-refractivity contribution in [1.82, 2.24) is 0 Å². The van der Waals surface area contributed by atoms with Crippen molar-refractivity contribution in [3.05, 3.63) is 0 Å². The normalized spacial score (nSPS) is 6.12. The molecule has 50 valence electrons. The predicted molar refractivity (Wildman–Crippen MR) is 16.2 cm³/mol. The van der Waals surface area contributed by atoms with Crippen molar-refractivity contribution >= 4 is 0 Å². The van der Waals surface area contributed by atoms with Crippen LogP contribution in [0.15, 0.2) is 0 Å². The third-order valence-corrected chi connectivity index (χ3v) is 1.39. The predicted octanol–water partition coefficient (Wildman–Crippen LogP) is -8.11. The van der Waals surface area contributed by atoms with E-state index in [4.69, 9.17) is 2.81 Å². The average Bonchev–Trinajstić information content (AvgIpc) is 1.38. The van der Waals surface area contributed by atoms with Crippen LogP contribution in [-0.4, -0.2) is 6.10 Å². The van der Waals surface area contributed by atoms with Gasteiger partial charge in [-0.2, -0.15) is 0 Å². The van der Waals surface area contributed by atoms with Gasteiger partial charge in [0.25, 0.3) is 0 Å². The Kier molecular flexibility index (Phi) is 45.3. The molecule has 0 rings (SSSR count). The van der Waals surface area contributed by atoms with Crippen LogP contribution in [0, 0.1) is 0 Å². The molecule has 0 aliphatic heterocycles. The van der Waals surface area contributed by atoms with Gasteiger partial charge >= 0.3 is 47.9 Å². The van der Waals surface area contributed by atoms with E-state index < -0.39 is 0 Å². The summed E-state index contributed by atoms with van der Waals surface area (Å²) >= 11 is 1.16. The van der Waals surface area contributed by atoms with Crippen LogP contribution in [0.25, 0.3) is 0 Å². The van der Waals surface area contributed by atoms with Crippen LogP contribution in [0.4, 0.5) is 0 Å². The minimum atomic E-state index is 0. The third-order valence-electron chi connectivity index (χ3n) is 0.236. The fraction of sp³-hybridized carbons (Fsp3) is 1.00. The second-order valence-corrected chi connectivity index (χ2v) is 1.75. The van der Waals surface area contributed by atoms with Gasteiger partial charge in [-0.1, -0.05) is 0 Å². The summed E-state index contributed by atoms with van der Waals surface area (Å²) in [5.74, 6) is 0. The van der Waals surface area contributed by atoms with Gasteiger partial charge < -0.3 is 50.9 Å². The summed E-state index contributed by atoms with van der Waals surface area (Å²) < 4.78 is 4.84. The van der Waals surface area contributed by atoms with Crippen molar-refractivity contribution in [2.24, 2.45) is 0 Å². The van der Waals surface area contributed by atoms with Crippen LogP contribution in [0.2, 0.25) is 0 Å². The molecule has 0 saturated heterocycles. The molecule has 0 bridgehead atoms. The Morgan fingerprint density at radius 1 is 1.12 bits per heavy atom. The zero-order chi connectivity index (χ0) is 4.28. The molecule has 0 saturated carbocycles. The molecule has 1 nitrogen and oxygen atoms in total. The van der Waals surface area contributed by atoms with Crippen LogP contribution < -0.4 is 50.9 Å². The first-order chi connectivity index (χ1) is 2.27. The summed E-state index contributed by atoms with van der Waals surface area (Å²) in [7, 11) is 0. The fourth-order valence-corrected chi connectivity index (χ4v) is 0. The van der Waals surface area contributed by atoms with E-state index in [1.165, 1.54) is 0 Å². The molecule has 5 heteroatoms. The molecular formula is C3H7Br3OZr. The smallest absolute Gasteiger partial charge is 1.00 e. The number of rotatable bonds is 1. The maximum atomic E-state index is 4.84. The van der Waals surface area contributed by atoms with Gasteiger partial charge in [0.1, 0.15) is 0 Å². The van der Waals surface area contributed by atoms with Gasteiger partial charge in [0.05, 0.1) is 0 Å². The summed E-state index contributed by atoms with van der Waals surface area (Å²) in [6.45, 7) is 4.04. The Bertz CT molecular complexity index is 28.5. The van der Waals surface area contributed by atoms with Crippen molar-refractivity contribution in [2.45, 2.75) is 20.0 Å². The van der Waals surface area contributed by atoms with E-state index in [9.17, 15) is 0 Å². The van der Waals surface area contributed by atoms with Gasteiger partial charge in [-0.25, -0.2) is 0 Å². The molecular weight excluding hydrogens is 383 g/mol. The monoisotopic (exact) mass is 386 g/mol. The topological polar surface area (TPSA) is 9.23 Å². The largest absolute Gasteiger partial charge is 1.00 e. The SMILES string of the molecule is CC(C)[O][Zr+3].[Br-].[Br-].[Br-]. The van der Waals surface area contributed by atoms with Gasteiger partial charge in [-0.15, -0.1) is 0 Å². The third kappa shape index (κ3) is 24.0. The van der Waals surface area contributed by atoms with Crippen molar-refractivity contribution in [2.75, 3.05) is 0 Å². The van der Waals surface area contributed by atoms with Gasteiger partial charge in [0.15, 0.2) is 0 Å². The van der Waals surface area contributed by atoms with Crippen LogP contribution in [0.1, 0.15) is 13.8 Å². The maximum Gasteiger partial charge on any atom is -1.00 e. The summed E-state index contributed by atoms with van der Waals surface area (Å²) in [6.07, 6.45) is 0.424. The maximum absolute atomic E-state index is 4.84. The molecule has 0 aliphatic rings. The molecule has 0 aromatic rings. The molecule has 0 heterocycles. The number of hydrogen-bond donors (Lipinski definition) is 0. The molecule has 0 aliphatic carbocycles. The Balaban J connectivity index is -0.0000000267. The summed E-state index contributed by atoms with van der Waals surface area (Å²) in [5, 5.41) is 0. The van der Waals surface area contributed by atoms with E-state index >= 15 is 0 Å². The van der Waals surface area contributed by atoms with E-state index in [-0.39, 0.29) is 50.9 Å². The van der Waals surface area contributed by atoms with Crippen LogP contribution in [0.3, 0.4) is 0 Å². The van der Waals surface area contributed by atoms with E-state index in [1.807, 2.05) is 13.8 Å². The Hall–Kier alpha value is 2.28. The molecule has 0 aromatic carbocycles. The Labute approximate surface area is 97.7 Å². The average molecular weight is 390 g/mol. The van der Waals surface area contributed by atoms with E-state index in [0.717, 1.165) is 25.2 Å². The molecule has 0 atom stereocenters. The second-order valence-electron chi connectivity index (χ2n) is 1.17. The molecule has 0 aromatic heterocycles. The van der Waals surface area contributed by atoms with Gasteiger partial charge in [-0.3, -0.25) is 0 Å². The first kappa shape index (κ1) is 22.4. The number of halogens is 3. The number of hydrogen-bond acceptors (Lipinski definition) is 1. The molecule has 0 radical (unpaired) electrons. The van der Waals surface area contributed by atoms with Crippen LogP contribution >= 0.6 is 0 Å². The molecule has 0 fully saturated rings. The molecule has 8 heavy (non-hydrogen) atoms.